The lowest BCUT2D eigenvalue weighted by molar-refractivity contribution is 0.0978. The van der Waals surface area contributed by atoms with Crippen molar-refractivity contribution in [3.63, 3.8) is 0 Å². The van der Waals surface area contributed by atoms with Crippen LogP contribution in [0.3, 0.4) is 0 Å². The Balaban J connectivity index is 1.38. The molecule has 2 saturated heterocycles. The van der Waals surface area contributed by atoms with E-state index in [0.717, 1.165) is 80.3 Å². The number of anilines is 2. The van der Waals surface area contributed by atoms with Gasteiger partial charge in [-0.1, -0.05) is 12.1 Å². The van der Waals surface area contributed by atoms with Crippen LogP contribution >= 0.6 is 0 Å². The van der Waals surface area contributed by atoms with E-state index in [4.69, 9.17) is 9.47 Å². The maximum absolute atomic E-state index is 11.1. The Kier molecular flexibility index (Phi) is 6.10. The highest BCUT2D eigenvalue weighted by molar-refractivity contribution is 5.91. The monoisotopic (exact) mass is 434 g/mol. The number of hydrogen-bond acceptors (Lipinski definition) is 7. The summed E-state index contributed by atoms with van der Waals surface area (Å²) in [6.45, 7) is 5.02. The van der Waals surface area contributed by atoms with Gasteiger partial charge in [0.2, 0.25) is 0 Å². The lowest BCUT2D eigenvalue weighted by Gasteiger charge is -2.36. The van der Waals surface area contributed by atoms with E-state index >= 15 is 0 Å². The molecule has 2 unspecified atom stereocenters. The van der Waals surface area contributed by atoms with E-state index in [0.29, 0.717) is 0 Å². The molecule has 2 aliphatic rings. The third-order valence-electron chi connectivity index (χ3n) is 6.61. The number of fused-ring (bicyclic) bond motifs is 1. The molecule has 7 nitrogen and oxygen atoms in total. The molecule has 1 aromatic heterocycles. The normalized spacial score (nSPS) is 20.4. The highest BCUT2D eigenvalue weighted by Crippen LogP contribution is 2.35. The molecular weight excluding hydrogens is 404 g/mol. The number of nitrogens with zero attached hydrogens (tertiary/aromatic N) is 4. The van der Waals surface area contributed by atoms with Crippen LogP contribution in [0, 0.1) is 5.92 Å². The molecular formula is C25H30N4O3. The Bertz CT molecular complexity index is 1070. The van der Waals surface area contributed by atoms with Crippen molar-refractivity contribution in [2.45, 2.75) is 18.9 Å². The van der Waals surface area contributed by atoms with Crippen LogP contribution in [0.4, 0.5) is 11.5 Å². The van der Waals surface area contributed by atoms with E-state index < -0.39 is 6.10 Å². The zero-order valence-corrected chi connectivity index (χ0v) is 18.5. The Morgan fingerprint density at radius 1 is 1.06 bits per heavy atom. The second-order valence-electron chi connectivity index (χ2n) is 8.57. The SMILES string of the molecule is COc1cccc(C(O)C2CCCN(c3ncnc4cc(N5CCOCC5)ccc34)C2)c1. The van der Waals surface area contributed by atoms with Gasteiger partial charge in [-0.3, -0.25) is 0 Å². The number of piperidine rings is 1. The number of aliphatic hydroxyl groups is 1. The molecule has 0 saturated carbocycles. The third kappa shape index (κ3) is 4.23. The van der Waals surface area contributed by atoms with E-state index in [1.54, 1.807) is 13.4 Å². The number of methoxy groups -OCH3 is 1. The second-order valence-corrected chi connectivity index (χ2v) is 8.57. The number of ether oxygens (including phenoxy) is 2. The summed E-state index contributed by atoms with van der Waals surface area (Å²) in [5.41, 5.74) is 3.03. The highest BCUT2D eigenvalue weighted by Gasteiger charge is 2.29. The molecule has 3 heterocycles. The van der Waals surface area contributed by atoms with Gasteiger partial charge in [-0.15, -0.1) is 0 Å². The molecule has 0 aliphatic carbocycles. The molecule has 0 bridgehead atoms. The molecule has 0 radical (unpaired) electrons. The number of morpholine rings is 1. The van der Waals surface area contributed by atoms with Gasteiger partial charge in [0.1, 0.15) is 17.9 Å². The summed E-state index contributed by atoms with van der Waals surface area (Å²) in [5, 5.41) is 12.1. The quantitative estimate of drug-likeness (QED) is 0.660. The van der Waals surface area contributed by atoms with Crippen LogP contribution in [0.5, 0.6) is 5.75 Å². The highest BCUT2D eigenvalue weighted by atomic mass is 16.5. The smallest absolute Gasteiger partial charge is 0.139 e. The number of aliphatic hydroxyl groups excluding tert-OH is 1. The lowest BCUT2D eigenvalue weighted by Crippen LogP contribution is -2.38. The summed E-state index contributed by atoms with van der Waals surface area (Å²) in [7, 11) is 1.65. The van der Waals surface area contributed by atoms with Crippen LogP contribution in [0.2, 0.25) is 0 Å². The molecule has 0 amide bonds. The fourth-order valence-electron chi connectivity index (χ4n) is 4.86. The van der Waals surface area contributed by atoms with Crippen LogP contribution in [-0.4, -0.2) is 61.6 Å². The predicted octanol–water partition coefficient (Wildman–Crippen LogP) is 3.43. The van der Waals surface area contributed by atoms with Crippen molar-refractivity contribution in [2.24, 2.45) is 5.92 Å². The number of benzene rings is 2. The Morgan fingerprint density at radius 3 is 2.78 bits per heavy atom. The lowest BCUT2D eigenvalue weighted by atomic mass is 9.88. The molecule has 2 fully saturated rings. The zero-order chi connectivity index (χ0) is 21.9. The van der Waals surface area contributed by atoms with Gasteiger partial charge >= 0.3 is 0 Å². The Morgan fingerprint density at radius 2 is 1.94 bits per heavy atom. The van der Waals surface area contributed by atoms with E-state index in [2.05, 4.69) is 38.0 Å². The average molecular weight is 435 g/mol. The summed E-state index contributed by atoms with van der Waals surface area (Å²) >= 11 is 0. The van der Waals surface area contributed by atoms with E-state index in [1.807, 2.05) is 24.3 Å². The second kappa shape index (κ2) is 9.30. The first-order chi connectivity index (χ1) is 15.7. The van der Waals surface area contributed by atoms with Crippen molar-refractivity contribution < 1.29 is 14.6 Å². The summed E-state index contributed by atoms with van der Waals surface area (Å²) in [6, 6.07) is 14.2. The van der Waals surface area contributed by atoms with Gasteiger partial charge < -0.3 is 24.4 Å². The van der Waals surface area contributed by atoms with Crippen LogP contribution < -0.4 is 14.5 Å². The summed E-state index contributed by atoms with van der Waals surface area (Å²) in [4.78, 5) is 13.8. The van der Waals surface area contributed by atoms with E-state index in [9.17, 15) is 5.11 Å². The first-order valence-electron chi connectivity index (χ1n) is 11.4. The van der Waals surface area contributed by atoms with Crippen molar-refractivity contribution in [3.05, 3.63) is 54.4 Å². The molecule has 5 rings (SSSR count). The third-order valence-corrected chi connectivity index (χ3v) is 6.61. The fraction of sp³-hybridized carbons (Fsp3) is 0.440. The maximum atomic E-state index is 11.1. The molecule has 2 atom stereocenters. The average Bonchev–Trinajstić information content (AvgIpc) is 2.88. The fourth-order valence-corrected chi connectivity index (χ4v) is 4.86. The van der Waals surface area contributed by atoms with Gasteiger partial charge in [-0.25, -0.2) is 9.97 Å². The van der Waals surface area contributed by atoms with Gasteiger partial charge in [-0.05, 0) is 48.7 Å². The van der Waals surface area contributed by atoms with Crippen LogP contribution in [0.15, 0.2) is 48.8 Å². The minimum Gasteiger partial charge on any atom is -0.497 e. The Labute approximate surface area is 188 Å². The standard InChI is InChI=1S/C25H30N4O3/c1-31-21-6-2-4-18(14-21)24(30)19-5-3-9-29(16-19)25-22-8-7-20(15-23(22)26-17-27-25)28-10-12-32-13-11-28/h2,4,6-8,14-15,17,19,24,30H,3,5,9-13,16H2,1H3. The van der Waals surface area contributed by atoms with Gasteiger partial charge in [0, 0.05) is 43.2 Å². The first kappa shape index (κ1) is 21.0. The van der Waals surface area contributed by atoms with Crippen LogP contribution in [-0.2, 0) is 4.74 Å². The van der Waals surface area contributed by atoms with Crippen molar-refractivity contribution in [1.82, 2.24) is 9.97 Å². The van der Waals surface area contributed by atoms with Gasteiger partial charge in [0.05, 0.1) is 31.9 Å². The maximum Gasteiger partial charge on any atom is 0.139 e. The molecule has 0 spiro atoms. The minimum absolute atomic E-state index is 0.133. The zero-order valence-electron chi connectivity index (χ0n) is 18.5. The number of aromatic nitrogens is 2. The Hall–Kier alpha value is -2.90. The predicted molar refractivity (Wildman–Crippen MR) is 125 cm³/mol. The van der Waals surface area contributed by atoms with Gasteiger partial charge in [-0.2, -0.15) is 0 Å². The summed E-state index contributed by atoms with van der Waals surface area (Å²) in [5.74, 6) is 1.85. The van der Waals surface area contributed by atoms with E-state index in [1.165, 1.54) is 5.69 Å². The van der Waals surface area contributed by atoms with Gasteiger partial charge in [0.25, 0.3) is 0 Å². The summed E-state index contributed by atoms with van der Waals surface area (Å²) in [6.07, 6.45) is 3.12. The van der Waals surface area contributed by atoms with Crippen LogP contribution in [0.1, 0.15) is 24.5 Å². The van der Waals surface area contributed by atoms with Crippen molar-refractivity contribution in [3.8, 4) is 5.75 Å². The largest absolute Gasteiger partial charge is 0.497 e. The first-order valence-corrected chi connectivity index (χ1v) is 11.4. The number of rotatable bonds is 5. The number of hydrogen-bond donors (Lipinski definition) is 1. The molecule has 3 aromatic rings. The molecule has 32 heavy (non-hydrogen) atoms. The topological polar surface area (TPSA) is 71.0 Å². The van der Waals surface area contributed by atoms with Crippen molar-refractivity contribution in [2.75, 3.05) is 56.3 Å². The summed E-state index contributed by atoms with van der Waals surface area (Å²) < 4.78 is 10.8. The van der Waals surface area contributed by atoms with E-state index in [-0.39, 0.29) is 5.92 Å². The van der Waals surface area contributed by atoms with Crippen molar-refractivity contribution in [1.29, 1.82) is 0 Å². The van der Waals surface area contributed by atoms with Crippen LogP contribution in [0.25, 0.3) is 10.9 Å². The molecule has 7 heteroatoms. The molecule has 168 valence electrons. The molecule has 1 N–H and O–H groups in total. The minimum atomic E-state index is -0.533. The van der Waals surface area contributed by atoms with Gasteiger partial charge in [0.15, 0.2) is 0 Å². The van der Waals surface area contributed by atoms with Crippen molar-refractivity contribution >= 4 is 22.4 Å². The molecule has 2 aliphatic heterocycles. The molecule has 2 aromatic carbocycles.